The number of carbonyl (C=O) groups excluding carboxylic acids is 3. The second-order valence-electron chi connectivity index (χ2n) is 10.5. The quantitative estimate of drug-likeness (QED) is 0.285. The summed E-state index contributed by atoms with van der Waals surface area (Å²) in [7, 11) is -0.858. The van der Waals surface area contributed by atoms with Gasteiger partial charge in [-0.25, -0.2) is 8.78 Å². The summed E-state index contributed by atoms with van der Waals surface area (Å²) < 4.78 is 45.5. The maximum atomic E-state index is 14.4. The number of nitrogens with one attached hydrogen (secondary N) is 2. The van der Waals surface area contributed by atoms with Gasteiger partial charge in [-0.1, -0.05) is 6.07 Å². The molecule has 2 aliphatic rings. The Morgan fingerprint density at radius 3 is 2.25 bits per heavy atom. The number of likely N-dealkylation sites (tertiary alicyclic amines) is 1. The van der Waals surface area contributed by atoms with E-state index in [9.17, 15) is 27.4 Å². The van der Waals surface area contributed by atoms with Crippen molar-refractivity contribution in [2.24, 2.45) is 5.73 Å². The van der Waals surface area contributed by atoms with Crippen molar-refractivity contribution in [2.75, 3.05) is 30.3 Å². The minimum absolute atomic E-state index is 0.0115. The largest absolute Gasteiger partial charge is 0.491 e. The van der Waals surface area contributed by atoms with Crippen molar-refractivity contribution in [1.82, 2.24) is 4.90 Å². The van der Waals surface area contributed by atoms with Crippen molar-refractivity contribution in [3.8, 4) is 5.75 Å². The molecule has 1 aliphatic carbocycles. The zero-order chi connectivity index (χ0) is 31.8. The number of rotatable bonds is 10. The summed E-state index contributed by atoms with van der Waals surface area (Å²) in [6.07, 6.45) is 3.91. The number of nitrogens with zero attached hydrogens (tertiary/aromatic N) is 1. The normalized spacial score (nSPS) is 15.4. The van der Waals surface area contributed by atoms with E-state index < -0.39 is 34.4 Å². The first-order valence-corrected chi connectivity index (χ1v) is 15.6. The van der Waals surface area contributed by atoms with Crippen LogP contribution in [-0.4, -0.2) is 51.8 Å². The zero-order valence-corrected chi connectivity index (χ0v) is 25.4. The molecule has 2 atom stereocenters. The molecule has 1 saturated carbocycles. The van der Waals surface area contributed by atoms with Crippen molar-refractivity contribution in [3.05, 3.63) is 83.4 Å². The van der Waals surface area contributed by atoms with Crippen LogP contribution in [-0.2, 0) is 20.4 Å². The van der Waals surface area contributed by atoms with E-state index in [-0.39, 0.29) is 35.4 Å². The highest BCUT2D eigenvalue weighted by atomic mass is 32.2. The molecule has 3 aromatic carbocycles. The number of halogens is 2. The number of nitrogens with two attached hydrogens (primary N) is 1. The lowest BCUT2D eigenvalue weighted by Gasteiger charge is -2.26. The van der Waals surface area contributed by atoms with Crippen molar-refractivity contribution < 1.29 is 32.1 Å². The van der Waals surface area contributed by atoms with Crippen molar-refractivity contribution >= 4 is 39.9 Å². The highest BCUT2D eigenvalue weighted by molar-refractivity contribution is 7.86. The number of ether oxygens (including phenoxy) is 1. The van der Waals surface area contributed by atoms with Crippen LogP contribution in [0.4, 0.5) is 20.2 Å². The van der Waals surface area contributed by atoms with Gasteiger partial charge in [-0.05, 0) is 92.8 Å². The third kappa shape index (κ3) is 8.62. The van der Waals surface area contributed by atoms with E-state index in [2.05, 4.69) is 10.6 Å². The lowest BCUT2D eigenvalue weighted by atomic mass is 10.0. The lowest BCUT2D eigenvalue weighted by Crippen LogP contribution is -2.36. The highest BCUT2D eigenvalue weighted by Crippen LogP contribution is 2.31. The van der Waals surface area contributed by atoms with Gasteiger partial charge in [-0.15, -0.1) is 0 Å². The molecule has 2 fully saturated rings. The van der Waals surface area contributed by atoms with Gasteiger partial charge in [0.15, 0.2) is 11.6 Å². The van der Waals surface area contributed by atoms with Crippen LogP contribution in [0.5, 0.6) is 5.75 Å². The Bertz CT molecular complexity index is 1530. The first-order valence-electron chi connectivity index (χ1n) is 14.4. The molecule has 1 aliphatic heterocycles. The predicted octanol–water partition coefficient (Wildman–Crippen LogP) is 5.15. The third-order valence-electron chi connectivity index (χ3n) is 7.04. The number of amides is 3. The van der Waals surface area contributed by atoms with Crippen LogP contribution >= 0.6 is 0 Å². The summed E-state index contributed by atoms with van der Waals surface area (Å²) in [6, 6.07) is 14.0. The molecule has 1 unspecified atom stereocenters. The van der Waals surface area contributed by atoms with E-state index in [0.29, 0.717) is 23.9 Å². The molecule has 3 aromatic rings. The Balaban J connectivity index is 0.000000246. The first-order chi connectivity index (χ1) is 21.1. The number of primary amides is 1. The van der Waals surface area contributed by atoms with Crippen LogP contribution in [0.3, 0.4) is 0 Å². The van der Waals surface area contributed by atoms with E-state index >= 15 is 0 Å². The average Bonchev–Trinajstić information content (AvgIpc) is 3.71. The molecular formula is C32H36F2N4O5S. The van der Waals surface area contributed by atoms with Gasteiger partial charge in [-0.2, -0.15) is 0 Å². The summed E-state index contributed by atoms with van der Waals surface area (Å²) in [6.45, 7) is 4.65. The predicted molar refractivity (Wildman–Crippen MR) is 165 cm³/mol. The molecular weight excluding hydrogens is 590 g/mol. The van der Waals surface area contributed by atoms with Crippen molar-refractivity contribution in [3.63, 3.8) is 0 Å². The van der Waals surface area contributed by atoms with Crippen molar-refractivity contribution in [1.29, 1.82) is 0 Å². The topological polar surface area (TPSA) is 131 Å². The minimum Gasteiger partial charge on any atom is -0.491 e. The van der Waals surface area contributed by atoms with Crippen LogP contribution in [0.1, 0.15) is 61.5 Å². The summed E-state index contributed by atoms with van der Waals surface area (Å²) in [5, 5.41) is 5.91. The van der Waals surface area contributed by atoms with E-state index in [1.54, 1.807) is 24.0 Å². The Morgan fingerprint density at radius 2 is 1.66 bits per heavy atom. The summed E-state index contributed by atoms with van der Waals surface area (Å²) in [4.78, 5) is 37.9. The van der Waals surface area contributed by atoms with Crippen LogP contribution < -0.4 is 21.1 Å². The van der Waals surface area contributed by atoms with Gasteiger partial charge in [0.05, 0.1) is 23.1 Å². The second-order valence-corrected chi connectivity index (χ2v) is 12.2. The smallest absolute Gasteiger partial charge is 0.249 e. The fourth-order valence-corrected chi connectivity index (χ4v) is 6.02. The van der Waals surface area contributed by atoms with Crippen LogP contribution in [0, 0.1) is 11.6 Å². The Morgan fingerprint density at radius 1 is 1.00 bits per heavy atom. The molecule has 234 valence electrons. The van der Waals surface area contributed by atoms with E-state index in [1.165, 1.54) is 37.3 Å². The van der Waals surface area contributed by atoms with E-state index in [1.807, 2.05) is 12.1 Å². The SMILES string of the molecule is CC(=O)Nc1ccc(S(=O)C2CC2)cc1.CCOc1cc([C@H](Nc2cc(C(N)=O)ccc2F)C(=O)N2CCCC2)ccc1F. The van der Waals surface area contributed by atoms with E-state index in [4.69, 9.17) is 10.5 Å². The van der Waals surface area contributed by atoms with Crippen LogP contribution in [0.15, 0.2) is 65.6 Å². The van der Waals surface area contributed by atoms with Gasteiger partial charge >= 0.3 is 0 Å². The number of hydrogen-bond acceptors (Lipinski definition) is 6. The Kier molecular flexibility index (Phi) is 11.0. The zero-order valence-electron chi connectivity index (χ0n) is 24.6. The third-order valence-corrected chi connectivity index (χ3v) is 8.85. The molecule has 3 amide bonds. The van der Waals surface area contributed by atoms with Gasteiger partial charge in [0, 0.05) is 41.4 Å². The summed E-state index contributed by atoms with van der Waals surface area (Å²) >= 11 is 0. The molecule has 1 saturated heterocycles. The molecule has 0 radical (unpaired) electrons. The molecule has 4 N–H and O–H groups in total. The second kappa shape index (κ2) is 14.9. The highest BCUT2D eigenvalue weighted by Gasteiger charge is 2.30. The maximum Gasteiger partial charge on any atom is 0.249 e. The number of hydrogen-bond donors (Lipinski definition) is 3. The molecule has 44 heavy (non-hydrogen) atoms. The summed E-state index contributed by atoms with van der Waals surface area (Å²) in [5.41, 5.74) is 6.52. The number of benzene rings is 3. The Hall–Kier alpha value is -4.32. The lowest BCUT2D eigenvalue weighted by molar-refractivity contribution is -0.131. The Labute approximate surface area is 257 Å². The molecule has 0 spiro atoms. The van der Waals surface area contributed by atoms with Crippen molar-refractivity contribution in [2.45, 2.75) is 55.7 Å². The van der Waals surface area contributed by atoms with Gasteiger partial charge in [-0.3, -0.25) is 18.6 Å². The van der Waals surface area contributed by atoms with Gasteiger partial charge in [0.2, 0.25) is 17.7 Å². The monoisotopic (exact) mass is 626 g/mol. The molecule has 1 heterocycles. The fraction of sp³-hybridized carbons (Fsp3) is 0.344. The van der Waals surface area contributed by atoms with E-state index in [0.717, 1.165) is 42.3 Å². The number of carbonyl (C=O) groups is 3. The van der Waals surface area contributed by atoms with Gasteiger partial charge < -0.3 is 26.0 Å². The minimum atomic E-state index is -0.981. The molecule has 0 bridgehead atoms. The van der Waals surface area contributed by atoms with Crippen LogP contribution in [0.25, 0.3) is 0 Å². The standard InChI is InChI=1S/C21H23F2N3O3.C11H13NO2S/c1-2-29-18-12-13(5-8-16(18)23)19(21(28)26-9-3-4-10-26)25-17-11-14(20(24)27)6-7-15(17)22;1-8(13)12-9-2-4-10(5-3-9)15(14)11-6-7-11/h5-8,11-12,19,25H,2-4,9-10H2,1H3,(H2,24,27);2-5,11H,6-7H2,1H3,(H,12,13)/t19-;/m0./s1. The van der Waals surface area contributed by atoms with Gasteiger partial charge in [0.25, 0.3) is 0 Å². The molecule has 5 rings (SSSR count). The molecule has 0 aromatic heterocycles. The van der Waals surface area contributed by atoms with Gasteiger partial charge in [0.1, 0.15) is 11.9 Å². The molecule has 12 heteroatoms. The number of anilines is 2. The fourth-order valence-electron chi connectivity index (χ4n) is 4.67. The average molecular weight is 627 g/mol. The molecule has 9 nitrogen and oxygen atoms in total. The van der Waals surface area contributed by atoms with Crippen LogP contribution in [0.2, 0.25) is 0 Å². The first kappa shape index (κ1) is 32.6. The maximum absolute atomic E-state index is 14.4. The summed E-state index contributed by atoms with van der Waals surface area (Å²) in [5.74, 6) is -2.24.